The van der Waals surface area contributed by atoms with Gasteiger partial charge in [-0.3, -0.25) is 9.69 Å². The number of oxazole rings is 1. The monoisotopic (exact) mass is 438 g/mol. The standard InChI is InChI=1S/C24H27ClN4O2/c1-27-11-13-29(14-12-27)24(30)22-18-31-23(26-22)17-28(15-19-7-3-2-4-8-19)16-20-9-5-6-10-21(20)25/h2-10,18H,11-17H2,1H3. The Hall–Kier alpha value is -2.67. The van der Waals surface area contributed by atoms with E-state index in [1.165, 1.54) is 11.8 Å². The first-order chi connectivity index (χ1) is 15.1. The molecule has 0 unspecified atom stereocenters. The molecule has 1 aliphatic rings. The molecular formula is C24H27ClN4O2. The molecule has 2 heterocycles. The summed E-state index contributed by atoms with van der Waals surface area (Å²) in [6.45, 7) is 5.03. The molecule has 0 saturated carbocycles. The molecule has 3 aromatic rings. The fourth-order valence-corrected chi connectivity index (χ4v) is 3.92. The molecule has 0 aliphatic carbocycles. The lowest BCUT2D eigenvalue weighted by Gasteiger charge is -2.31. The Morgan fingerprint density at radius 1 is 1.00 bits per heavy atom. The van der Waals surface area contributed by atoms with Gasteiger partial charge in [-0.2, -0.15) is 0 Å². The van der Waals surface area contributed by atoms with Crippen LogP contribution in [0, 0.1) is 0 Å². The normalized spacial score (nSPS) is 14.9. The number of benzene rings is 2. The van der Waals surface area contributed by atoms with E-state index in [9.17, 15) is 4.79 Å². The van der Waals surface area contributed by atoms with Gasteiger partial charge in [-0.25, -0.2) is 4.98 Å². The Kier molecular flexibility index (Phi) is 7.02. The highest BCUT2D eigenvalue weighted by molar-refractivity contribution is 6.31. The lowest BCUT2D eigenvalue weighted by atomic mass is 10.1. The first kappa shape index (κ1) is 21.6. The second-order valence-corrected chi connectivity index (χ2v) is 8.35. The molecule has 4 rings (SSSR count). The summed E-state index contributed by atoms with van der Waals surface area (Å²) in [6.07, 6.45) is 1.48. The van der Waals surface area contributed by atoms with Crippen LogP contribution in [0.5, 0.6) is 0 Å². The summed E-state index contributed by atoms with van der Waals surface area (Å²) in [5, 5.41) is 0.735. The van der Waals surface area contributed by atoms with Crippen LogP contribution in [0.25, 0.3) is 0 Å². The summed E-state index contributed by atoms with van der Waals surface area (Å²) in [7, 11) is 2.07. The van der Waals surface area contributed by atoms with E-state index in [2.05, 4.69) is 34.0 Å². The molecule has 31 heavy (non-hydrogen) atoms. The number of hydrogen-bond acceptors (Lipinski definition) is 5. The van der Waals surface area contributed by atoms with Crippen molar-refractivity contribution in [2.75, 3.05) is 33.2 Å². The Morgan fingerprint density at radius 3 is 2.45 bits per heavy atom. The van der Waals surface area contributed by atoms with Crippen molar-refractivity contribution in [2.24, 2.45) is 0 Å². The van der Waals surface area contributed by atoms with Crippen LogP contribution in [0.3, 0.4) is 0 Å². The van der Waals surface area contributed by atoms with Gasteiger partial charge in [0.05, 0.1) is 6.54 Å². The van der Waals surface area contributed by atoms with Gasteiger partial charge in [0.2, 0.25) is 5.89 Å². The van der Waals surface area contributed by atoms with Crippen molar-refractivity contribution in [2.45, 2.75) is 19.6 Å². The number of carbonyl (C=O) groups is 1. The molecule has 0 N–H and O–H groups in total. The third-order valence-electron chi connectivity index (χ3n) is 5.52. The minimum absolute atomic E-state index is 0.0659. The molecule has 1 saturated heterocycles. The lowest BCUT2D eigenvalue weighted by Crippen LogP contribution is -2.47. The van der Waals surface area contributed by atoms with Crippen LogP contribution in [0.15, 0.2) is 65.3 Å². The Labute approximate surface area is 188 Å². The second-order valence-electron chi connectivity index (χ2n) is 7.94. The molecule has 2 aromatic carbocycles. The van der Waals surface area contributed by atoms with Crippen molar-refractivity contribution < 1.29 is 9.21 Å². The van der Waals surface area contributed by atoms with E-state index in [1.807, 2.05) is 47.4 Å². The van der Waals surface area contributed by atoms with Gasteiger partial charge in [0.15, 0.2) is 5.69 Å². The number of rotatable bonds is 7. The molecule has 1 fully saturated rings. The molecule has 1 amide bonds. The average molecular weight is 439 g/mol. The highest BCUT2D eigenvalue weighted by Crippen LogP contribution is 2.20. The van der Waals surface area contributed by atoms with Crippen molar-refractivity contribution in [1.82, 2.24) is 19.7 Å². The Balaban J connectivity index is 1.47. The predicted molar refractivity (Wildman–Crippen MR) is 121 cm³/mol. The van der Waals surface area contributed by atoms with E-state index in [1.54, 1.807) is 0 Å². The van der Waals surface area contributed by atoms with E-state index in [0.717, 1.165) is 30.2 Å². The lowest BCUT2D eigenvalue weighted by molar-refractivity contribution is 0.0658. The number of piperazine rings is 1. The molecule has 6 nitrogen and oxygen atoms in total. The highest BCUT2D eigenvalue weighted by atomic mass is 35.5. The zero-order chi connectivity index (χ0) is 21.6. The van der Waals surface area contributed by atoms with E-state index in [-0.39, 0.29) is 5.91 Å². The molecular weight excluding hydrogens is 412 g/mol. The summed E-state index contributed by atoms with van der Waals surface area (Å²) in [5.74, 6) is 0.462. The van der Waals surface area contributed by atoms with Gasteiger partial charge >= 0.3 is 0 Å². The number of halogens is 1. The van der Waals surface area contributed by atoms with Gasteiger partial charge < -0.3 is 14.2 Å². The third kappa shape index (κ3) is 5.73. The predicted octanol–water partition coefficient (Wildman–Crippen LogP) is 3.92. The van der Waals surface area contributed by atoms with Gasteiger partial charge in [-0.05, 0) is 24.2 Å². The van der Waals surface area contributed by atoms with Gasteiger partial charge in [0.25, 0.3) is 5.91 Å². The molecule has 7 heteroatoms. The van der Waals surface area contributed by atoms with Crippen LogP contribution >= 0.6 is 11.6 Å². The summed E-state index contributed by atoms with van der Waals surface area (Å²) in [5.41, 5.74) is 2.60. The zero-order valence-corrected chi connectivity index (χ0v) is 18.5. The van der Waals surface area contributed by atoms with Crippen LogP contribution in [-0.2, 0) is 19.6 Å². The van der Waals surface area contributed by atoms with E-state index >= 15 is 0 Å². The third-order valence-corrected chi connectivity index (χ3v) is 5.89. The van der Waals surface area contributed by atoms with E-state index in [4.69, 9.17) is 16.0 Å². The van der Waals surface area contributed by atoms with Crippen molar-refractivity contribution in [1.29, 1.82) is 0 Å². The maximum Gasteiger partial charge on any atom is 0.275 e. The van der Waals surface area contributed by atoms with Crippen molar-refractivity contribution in [3.05, 3.63) is 88.6 Å². The summed E-state index contributed by atoms with van der Waals surface area (Å²) >= 11 is 6.40. The van der Waals surface area contributed by atoms with Crippen LogP contribution in [0.2, 0.25) is 5.02 Å². The van der Waals surface area contributed by atoms with Gasteiger partial charge in [-0.15, -0.1) is 0 Å². The number of amides is 1. The first-order valence-corrected chi connectivity index (χ1v) is 10.9. The van der Waals surface area contributed by atoms with Crippen LogP contribution < -0.4 is 0 Å². The maximum absolute atomic E-state index is 12.8. The molecule has 0 bridgehead atoms. The Morgan fingerprint density at radius 2 is 1.71 bits per heavy atom. The zero-order valence-electron chi connectivity index (χ0n) is 17.7. The van der Waals surface area contributed by atoms with Crippen molar-refractivity contribution in [3.8, 4) is 0 Å². The maximum atomic E-state index is 12.8. The summed E-state index contributed by atoms with van der Waals surface area (Å²) in [4.78, 5) is 23.6. The van der Waals surface area contributed by atoms with E-state index < -0.39 is 0 Å². The largest absolute Gasteiger partial charge is 0.447 e. The molecule has 162 valence electrons. The molecule has 0 radical (unpaired) electrons. The fraction of sp³-hybridized carbons (Fsp3) is 0.333. The first-order valence-electron chi connectivity index (χ1n) is 10.5. The number of hydrogen-bond donors (Lipinski definition) is 0. The smallest absolute Gasteiger partial charge is 0.275 e. The average Bonchev–Trinajstić information content (AvgIpc) is 3.24. The summed E-state index contributed by atoms with van der Waals surface area (Å²) < 4.78 is 5.69. The minimum atomic E-state index is -0.0659. The van der Waals surface area contributed by atoms with Crippen LogP contribution in [0.4, 0.5) is 0 Å². The molecule has 1 aliphatic heterocycles. The number of likely N-dealkylation sites (N-methyl/N-ethyl adjacent to an activating group) is 1. The van der Waals surface area contributed by atoms with Gasteiger partial charge in [0, 0.05) is 44.3 Å². The van der Waals surface area contributed by atoms with Crippen LogP contribution in [0.1, 0.15) is 27.5 Å². The van der Waals surface area contributed by atoms with E-state index in [0.29, 0.717) is 37.8 Å². The number of nitrogens with zero attached hydrogens (tertiary/aromatic N) is 4. The Bertz CT molecular complexity index is 1000. The minimum Gasteiger partial charge on any atom is -0.447 e. The summed E-state index contributed by atoms with van der Waals surface area (Å²) in [6, 6.07) is 18.1. The second kappa shape index (κ2) is 10.1. The molecule has 1 aromatic heterocycles. The molecule has 0 atom stereocenters. The SMILES string of the molecule is CN1CCN(C(=O)c2coc(CN(Cc3ccccc3)Cc3ccccc3Cl)n2)CC1. The van der Waals surface area contributed by atoms with Crippen LogP contribution in [-0.4, -0.2) is 58.8 Å². The van der Waals surface area contributed by atoms with Gasteiger partial charge in [-0.1, -0.05) is 60.1 Å². The number of aromatic nitrogens is 1. The quantitative estimate of drug-likeness (QED) is 0.559. The topological polar surface area (TPSA) is 52.8 Å². The van der Waals surface area contributed by atoms with Crippen molar-refractivity contribution >= 4 is 17.5 Å². The van der Waals surface area contributed by atoms with Gasteiger partial charge in [0.1, 0.15) is 6.26 Å². The molecule has 0 spiro atoms. The number of carbonyl (C=O) groups excluding carboxylic acids is 1. The fourth-order valence-electron chi connectivity index (χ4n) is 3.72. The van der Waals surface area contributed by atoms with Crippen molar-refractivity contribution in [3.63, 3.8) is 0 Å². The highest BCUT2D eigenvalue weighted by Gasteiger charge is 2.23.